The highest BCUT2D eigenvalue weighted by molar-refractivity contribution is 6.32. The van der Waals surface area contributed by atoms with Crippen LogP contribution in [0, 0.1) is 30.6 Å². The average molecular weight is 680 g/mol. The molecule has 254 valence electrons. The molecule has 1 saturated heterocycles. The van der Waals surface area contributed by atoms with E-state index in [1.807, 2.05) is 24.3 Å². The molecule has 1 saturated carbocycles. The van der Waals surface area contributed by atoms with Gasteiger partial charge in [0, 0.05) is 30.6 Å². The molecule has 2 aliphatic rings. The number of likely N-dealkylation sites (tertiary alicyclic amines) is 1. The summed E-state index contributed by atoms with van der Waals surface area (Å²) in [5.41, 5.74) is 7.24. The molecule has 2 heterocycles. The minimum absolute atomic E-state index is 0.0777. The van der Waals surface area contributed by atoms with E-state index in [0.717, 1.165) is 72.5 Å². The lowest BCUT2D eigenvalue weighted by Gasteiger charge is -2.50. The fourth-order valence-corrected chi connectivity index (χ4v) is 7.31. The Morgan fingerprint density at radius 2 is 1.69 bits per heavy atom. The first-order valence-electron chi connectivity index (χ1n) is 16.9. The van der Waals surface area contributed by atoms with Crippen molar-refractivity contribution in [1.29, 1.82) is 5.26 Å². The van der Waals surface area contributed by atoms with Crippen molar-refractivity contribution in [3.05, 3.63) is 105 Å². The van der Waals surface area contributed by atoms with Gasteiger partial charge in [-0.15, -0.1) is 0 Å². The number of carbonyl (C=O) groups excluding carboxylic acids is 1. The van der Waals surface area contributed by atoms with E-state index in [2.05, 4.69) is 41.9 Å². The van der Waals surface area contributed by atoms with Crippen LogP contribution in [0.3, 0.4) is 0 Å². The first-order chi connectivity index (χ1) is 23.8. The van der Waals surface area contributed by atoms with Gasteiger partial charge in [-0.2, -0.15) is 5.26 Å². The monoisotopic (exact) mass is 679 g/mol. The van der Waals surface area contributed by atoms with Crippen molar-refractivity contribution in [2.24, 2.45) is 5.41 Å². The van der Waals surface area contributed by atoms with Gasteiger partial charge in [-0.3, -0.25) is 9.78 Å². The molecule has 9 heteroatoms. The van der Waals surface area contributed by atoms with Gasteiger partial charge in [0.1, 0.15) is 36.5 Å². The second-order valence-electron chi connectivity index (χ2n) is 13.3. The van der Waals surface area contributed by atoms with Gasteiger partial charge in [0.2, 0.25) is 0 Å². The number of pyridine rings is 1. The van der Waals surface area contributed by atoms with Crippen molar-refractivity contribution < 1.29 is 24.1 Å². The van der Waals surface area contributed by atoms with Crippen LogP contribution in [0.5, 0.6) is 17.2 Å². The molecule has 8 nitrogen and oxygen atoms in total. The van der Waals surface area contributed by atoms with Gasteiger partial charge in [-0.1, -0.05) is 41.9 Å². The fourth-order valence-electron chi connectivity index (χ4n) is 7.09. The SMILES string of the molecule is Cc1c(COc2cc(OCc3cncc(C#N)c3)c(C=O)cc2Cl)cccc1-c1cccc(OCCCN2CCC3(CC2)CC(O)C3)c1C. The molecular weight excluding hydrogens is 638 g/mol. The number of benzene rings is 3. The number of hydrogen-bond donors (Lipinski definition) is 1. The summed E-state index contributed by atoms with van der Waals surface area (Å²) >= 11 is 6.52. The van der Waals surface area contributed by atoms with Crippen molar-refractivity contribution in [3.63, 3.8) is 0 Å². The Hall–Kier alpha value is -4.42. The number of carbonyl (C=O) groups is 1. The van der Waals surface area contributed by atoms with Crippen LogP contribution in [-0.2, 0) is 13.2 Å². The summed E-state index contributed by atoms with van der Waals surface area (Å²) in [7, 11) is 0. The molecule has 3 aromatic carbocycles. The summed E-state index contributed by atoms with van der Waals surface area (Å²) in [5, 5.41) is 19.2. The predicted molar refractivity (Wildman–Crippen MR) is 189 cm³/mol. The quantitative estimate of drug-likeness (QED) is 0.112. The van der Waals surface area contributed by atoms with Crippen molar-refractivity contribution in [1.82, 2.24) is 9.88 Å². The highest BCUT2D eigenvalue weighted by Crippen LogP contribution is 2.49. The minimum Gasteiger partial charge on any atom is -0.493 e. The summed E-state index contributed by atoms with van der Waals surface area (Å²) in [6, 6.07) is 19.3. The predicted octanol–water partition coefficient (Wildman–Crippen LogP) is 7.87. The van der Waals surface area contributed by atoms with E-state index < -0.39 is 0 Å². The largest absolute Gasteiger partial charge is 0.493 e. The maximum Gasteiger partial charge on any atom is 0.153 e. The van der Waals surface area contributed by atoms with Crippen LogP contribution in [0.4, 0.5) is 0 Å². The highest BCUT2D eigenvalue weighted by atomic mass is 35.5. The van der Waals surface area contributed by atoms with Gasteiger partial charge in [0.05, 0.1) is 28.9 Å². The third-order valence-electron chi connectivity index (χ3n) is 10.0. The van der Waals surface area contributed by atoms with E-state index in [1.165, 1.54) is 25.1 Å². The average Bonchev–Trinajstić information content (AvgIpc) is 3.10. The molecule has 4 aromatic rings. The molecule has 1 aliphatic heterocycles. The normalized spacial score (nSPS) is 15.7. The number of piperidine rings is 1. The smallest absolute Gasteiger partial charge is 0.153 e. The number of hydrogen-bond acceptors (Lipinski definition) is 8. The van der Waals surface area contributed by atoms with Gasteiger partial charge >= 0.3 is 0 Å². The maximum absolute atomic E-state index is 11.8. The Balaban J connectivity index is 1.07. The summed E-state index contributed by atoms with van der Waals surface area (Å²) < 4.78 is 18.4. The molecule has 1 N–H and O–H groups in total. The van der Waals surface area contributed by atoms with Crippen LogP contribution < -0.4 is 14.2 Å². The fraction of sp³-hybridized carbons (Fsp3) is 0.375. The summed E-state index contributed by atoms with van der Waals surface area (Å²) in [6.07, 6.45) is 9.04. The first kappa shape index (κ1) is 34.4. The number of ether oxygens (including phenoxy) is 3. The van der Waals surface area contributed by atoms with E-state index in [9.17, 15) is 9.90 Å². The van der Waals surface area contributed by atoms with E-state index >= 15 is 0 Å². The number of aromatic nitrogens is 1. The number of rotatable bonds is 13. The van der Waals surface area contributed by atoms with E-state index in [4.69, 9.17) is 31.1 Å². The van der Waals surface area contributed by atoms with Gasteiger partial charge in [0.25, 0.3) is 0 Å². The number of aldehydes is 1. The first-order valence-corrected chi connectivity index (χ1v) is 17.3. The zero-order chi connectivity index (χ0) is 34.4. The lowest BCUT2D eigenvalue weighted by Crippen LogP contribution is -2.49. The minimum atomic E-state index is -0.0777. The van der Waals surface area contributed by atoms with E-state index in [1.54, 1.807) is 18.3 Å². The number of aliphatic hydroxyl groups is 1. The molecule has 1 spiro atoms. The molecule has 1 aliphatic carbocycles. The topological polar surface area (TPSA) is 105 Å². The molecule has 6 rings (SSSR count). The van der Waals surface area contributed by atoms with Crippen LogP contribution in [0.2, 0.25) is 5.02 Å². The molecule has 1 aromatic heterocycles. The second-order valence-corrected chi connectivity index (χ2v) is 13.7. The van der Waals surface area contributed by atoms with E-state index in [-0.39, 0.29) is 19.3 Å². The summed E-state index contributed by atoms with van der Waals surface area (Å²) in [4.78, 5) is 18.4. The van der Waals surface area contributed by atoms with Crippen LogP contribution in [-0.4, -0.2) is 53.6 Å². The zero-order valence-electron chi connectivity index (χ0n) is 28.1. The van der Waals surface area contributed by atoms with Crippen molar-refractivity contribution in [2.45, 2.75) is 65.3 Å². The number of nitrogens with zero attached hydrogens (tertiary/aromatic N) is 3. The molecule has 0 bridgehead atoms. The summed E-state index contributed by atoms with van der Waals surface area (Å²) in [6.45, 7) is 8.50. The molecule has 0 unspecified atom stereocenters. The van der Waals surface area contributed by atoms with E-state index in [0.29, 0.717) is 51.5 Å². The van der Waals surface area contributed by atoms with Crippen molar-refractivity contribution in [3.8, 4) is 34.4 Å². The molecule has 0 radical (unpaired) electrons. The third-order valence-corrected chi connectivity index (χ3v) is 10.3. The van der Waals surface area contributed by atoms with Gasteiger partial charge in [-0.25, -0.2) is 0 Å². The molecule has 49 heavy (non-hydrogen) atoms. The van der Waals surface area contributed by atoms with Gasteiger partial charge in [0.15, 0.2) is 6.29 Å². The Bertz CT molecular complexity index is 1840. The highest BCUT2D eigenvalue weighted by Gasteiger charge is 2.44. The van der Waals surface area contributed by atoms with Crippen LogP contribution in [0.15, 0.2) is 67.0 Å². The van der Waals surface area contributed by atoms with Crippen LogP contribution >= 0.6 is 11.6 Å². The van der Waals surface area contributed by atoms with Crippen molar-refractivity contribution >= 4 is 17.9 Å². The van der Waals surface area contributed by atoms with Crippen LogP contribution in [0.1, 0.15) is 70.3 Å². The lowest BCUT2D eigenvalue weighted by atomic mass is 9.61. The summed E-state index contributed by atoms with van der Waals surface area (Å²) in [5.74, 6) is 1.62. The molecule has 0 atom stereocenters. The Labute approximate surface area is 293 Å². The molecule has 0 amide bonds. The lowest BCUT2D eigenvalue weighted by molar-refractivity contribution is -0.0681. The van der Waals surface area contributed by atoms with Crippen LogP contribution in [0.25, 0.3) is 11.1 Å². The second kappa shape index (κ2) is 15.4. The molecule has 2 fully saturated rings. The number of aliphatic hydroxyl groups excluding tert-OH is 1. The Morgan fingerprint density at radius 3 is 2.43 bits per heavy atom. The van der Waals surface area contributed by atoms with Crippen molar-refractivity contribution in [2.75, 3.05) is 26.2 Å². The number of nitriles is 1. The Morgan fingerprint density at radius 1 is 0.959 bits per heavy atom. The standard InChI is InChI=1S/C40H42ClN3O5/c1-27-31(26-49-39-18-38(32(24-45)17-36(39)41)48-25-30-16-29(21-42)22-43-23-30)6-3-7-34(27)35-8-4-9-37(28(35)2)47-15-5-12-44-13-10-40(11-14-44)19-33(46)20-40/h3-4,6-9,16-18,22-24,33,46H,5,10-15,19-20,25-26H2,1-2H3. The van der Waals surface area contributed by atoms with Gasteiger partial charge < -0.3 is 24.2 Å². The zero-order valence-corrected chi connectivity index (χ0v) is 28.8. The number of halogens is 1. The Kier molecular flexibility index (Phi) is 10.8. The third kappa shape index (κ3) is 8.08. The van der Waals surface area contributed by atoms with Gasteiger partial charge in [-0.05, 0) is 110 Å². The molecular formula is C40H42ClN3O5. The maximum atomic E-state index is 11.8.